The fourth-order valence-electron chi connectivity index (χ4n) is 2.67. The number of hydrogen-bond donors (Lipinski definition) is 0. The van der Waals surface area contributed by atoms with Gasteiger partial charge in [-0.25, -0.2) is 4.98 Å². The summed E-state index contributed by atoms with van der Waals surface area (Å²) < 4.78 is 1.96. The van der Waals surface area contributed by atoms with Crippen molar-refractivity contribution in [2.24, 2.45) is 5.10 Å². The monoisotopic (exact) mass is 484 g/mol. The molecule has 1 amide bonds. The number of carbonyl (C=O) groups is 1. The van der Waals surface area contributed by atoms with Crippen LogP contribution in [0.3, 0.4) is 0 Å². The van der Waals surface area contributed by atoms with Crippen LogP contribution in [0.25, 0.3) is 10.2 Å². The first kappa shape index (κ1) is 19.8. The molecule has 0 aliphatic heterocycles. The van der Waals surface area contributed by atoms with Crippen LogP contribution in [0.15, 0.2) is 69.6 Å². The van der Waals surface area contributed by atoms with E-state index in [9.17, 15) is 4.79 Å². The summed E-state index contributed by atoms with van der Waals surface area (Å²) >= 11 is 6.48. The first-order valence-electron chi connectivity index (χ1n) is 8.77. The van der Waals surface area contributed by atoms with Crippen molar-refractivity contribution in [1.82, 2.24) is 4.98 Å². The summed E-state index contributed by atoms with van der Waals surface area (Å²) in [5.41, 5.74) is 2.42. The number of carbonyl (C=O) groups excluding carboxylic acids is 1. The van der Waals surface area contributed by atoms with Gasteiger partial charge in [0.2, 0.25) is 5.13 Å². The minimum atomic E-state index is -0.221. The van der Waals surface area contributed by atoms with Gasteiger partial charge in [-0.2, -0.15) is 10.1 Å². The molecule has 4 rings (SSSR count). The van der Waals surface area contributed by atoms with Gasteiger partial charge in [-0.3, -0.25) is 4.79 Å². The Balaban J connectivity index is 1.73. The highest BCUT2D eigenvalue weighted by Crippen LogP contribution is 2.32. The van der Waals surface area contributed by atoms with Crippen LogP contribution < -0.4 is 9.91 Å². The molecule has 0 bridgehead atoms. The van der Waals surface area contributed by atoms with Crippen LogP contribution in [0.5, 0.6) is 0 Å². The lowest BCUT2D eigenvalue weighted by Gasteiger charge is -2.15. The molecule has 2 aromatic carbocycles. The summed E-state index contributed by atoms with van der Waals surface area (Å²) in [7, 11) is 3.93. The van der Waals surface area contributed by atoms with Crippen molar-refractivity contribution < 1.29 is 4.79 Å². The molecule has 5 nitrogen and oxygen atoms in total. The van der Waals surface area contributed by atoms with Crippen LogP contribution >= 0.6 is 38.6 Å². The Morgan fingerprint density at radius 2 is 1.93 bits per heavy atom. The molecule has 0 N–H and O–H groups in total. The maximum absolute atomic E-state index is 13.3. The van der Waals surface area contributed by atoms with Gasteiger partial charge in [0.15, 0.2) is 0 Å². The first-order chi connectivity index (χ1) is 14.0. The number of aromatic nitrogens is 1. The fourth-order valence-corrected chi connectivity index (χ4v) is 4.72. The van der Waals surface area contributed by atoms with Crippen LogP contribution in [0.4, 0.5) is 10.8 Å². The van der Waals surface area contributed by atoms with Crippen LogP contribution in [-0.2, 0) is 0 Å². The molecule has 4 aromatic rings. The molecule has 0 aliphatic rings. The lowest BCUT2D eigenvalue weighted by Crippen LogP contribution is -2.25. The highest BCUT2D eigenvalue weighted by Gasteiger charge is 2.21. The molecule has 0 fully saturated rings. The predicted molar refractivity (Wildman–Crippen MR) is 127 cm³/mol. The molecule has 0 aliphatic carbocycles. The van der Waals surface area contributed by atoms with E-state index in [1.807, 2.05) is 79.0 Å². The molecular formula is C21H17BrN4OS2. The Labute approximate surface area is 185 Å². The van der Waals surface area contributed by atoms with Gasteiger partial charge in [0, 0.05) is 34.7 Å². The second-order valence-corrected chi connectivity index (χ2v) is 9.33. The van der Waals surface area contributed by atoms with Gasteiger partial charge in [0.05, 0.1) is 16.4 Å². The number of amides is 1. The molecule has 146 valence electrons. The third-order valence-corrected chi connectivity index (χ3v) is 6.48. The summed E-state index contributed by atoms with van der Waals surface area (Å²) in [4.78, 5) is 20.9. The van der Waals surface area contributed by atoms with Crippen LogP contribution in [0.1, 0.15) is 15.2 Å². The Morgan fingerprint density at radius 3 is 2.62 bits per heavy atom. The van der Waals surface area contributed by atoms with Crippen molar-refractivity contribution in [1.29, 1.82) is 0 Å². The molecule has 8 heteroatoms. The summed E-state index contributed by atoms with van der Waals surface area (Å²) in [6.45, 7) is 0. The van der Waals surface area contributed by atoms with Gasteiger partial charge >= 0.3 is 0 Å². The number of benzene rings is 2. The van der Waals surface area contributed by atoms with Gasteiger partial charge < -0.3 is 4.90 Å². The fraction of sp³-hybridized carbons (Fsp3) is 0.0952. The number of hydrogen-bond acceptors (Lipinski definition) is 6. The number of hydrazone groups is 1. The number of rotatable bonds is 5. The van der Waals surface area contributed by atoms with Gasteiger partial charge in [-0.1, -0.05) is 33.3 Å². The van der Waals surface area contributed by atoms with Gasteiger partial charge in [-0.05, 0) is 53.9 Å². The van der Waals surface area contributed by atoms with E-state index >= 15 is 0 Å². The maximum Gasteiger partial charge on any atom is 0.280 e. The third kappa shape index (κ3) is 4.39. The van der Waals surface area contributed by atoms with E-state index in [0.717, 1.165) is 25.3 Å². The molecule has 0 unspecified atom stereocenters. The third-order valence-electron chi connectivity index (χ3n) is 4.19. The second kappa shape index (κ2) is 8.44. The van der Waals surface area contributed by atoms with Crippen molar-refractivity contribution in [3.63, 3.8) is 0 Å². The molecule has 0 saturated carbocycles. The number of fused-ring (bicyclic) bond motifs is 1. The van der Waals surface area contributed by atoms with Crippen molar-refractivity contribution in [2.75, 3.05) is 24.0 Å². The van der Waals surface area contributed by atoms with Crippen molar-refractivity contribution in [3.05, 3.63) is 74.9 Å². The Kier molecular flexibility index (Phi) is 5.75. The molecule has 0 radical (unpaired) electrons. The average molecular weight is 485 g/mol. The lowest BCUT2D eigenvalue weighted by atomic mass is 10.2. The Morgan fingerprint density at radius 1 is 1.14 bits per heavy atom. The SMILES string of the molecule is CN(C)c1ccc(C(=O)N(/N=C/c2cccs2)c2nc3ccc(Br)cc3s2)cc1. The van der Waals surface area contributed by atoms with Crippen LogP contribution in [0, 0.1) is 0 Å². The maximum atomic E-state index is 13.3. The summed E-state index contributed by atoms with van der Waals surface area (Å²) in [6, 6.07) is 17.2. The summed E-state index contributed by atoms with van der Waals surface area (Å²) in [5, 5.41) is 8.37. The molecule has 0 saturated heterocycles. The highest BCUT2D eigenvalue weighted by atomic mass is 79.9. The summed E-state index contributed by atoms with van der Waals surface area (Å²) in [5.74, 6) is -0.221. The number of nitrogens with zero attached hydrogens (tertiary/aromatic N) is 4. The van der Waals surface area contributed by atoms with Crippen molar-refractivity contribution in [2.45, 2.75) is 0 Å². The van der Waals surface area contributed by atoms with E-state index in [0.29, 0.717) is 10.7 Å². The number of thiazole rings is 1. The predicted octanol–water partition coefficient (Wildman–Crippen LogP) is 5.87. The minimum Gasteiger partial charge on any atom is -0.378 e. The first-order valence-corrected chi connectivity index (χ1v) is 11.3. The van der Waals surface area contributed by atoms with E-state index < -0.39 is 0 Å². The molecule has 2 heterocycles. The molecule has 2 aromatic heterocycles. The van der Waals surface area contributed by atoms with E-state index in [1.54, 1.807) is 17.6 Å². The number of anilines is 2. The van der Waals surface area contributed by atoms with Gasteiger partial charge in [0.25, 0.3) is 5.91 Å². The molecular weight excluding hydrogens is 468 g/mol. The largest absolute Gasteiger partial charge is 0.378 e. The van der Waals surface area contributed by atoms with E-state index in [2.05, 4.69) is 26.0 Å². The zero-order valence-electron chi connectivity index (χ0n) is 15.7. The highest BCUT2D eigenvalue weighted by molar-refractivity contribution is 9.10. The van der Waals surface area contributed by atoms with Crippen molar-refractivity contribution >= 4 is 71.8 Å². The number of halogens is 1. The van der Waals surface area contributed by atoms with E-state index in [1.165, 1.54) is 16.3 Å². The number of thiophene rings is 1. The Bertz CT molecular complexity index is 1170. The topological polar surface area (TPSA) is 48.8 Å². The van der Waals surface area contributed by atoms with Crippen molar-refractivity contribution in [3.8, 4) is 0 Å². The van der Waals surface area contributed by atoms with Crippen LogP contribution in [-0.4, -0.2) is 31.2 Å². The zero-order valence-corrected chi connectivity index (χ0v) is 19.0. The standard InChI is InChI=1S/C21H17BrN4OS2/c1-25(2)16-8-5-14(6-9-16)20(27)26(23-13-17-4-3-11-28-17)21-24-18-10-7-15(22)12-19(18)29-21/h3-13H,1-2H3/b23-13+. The minimum absolute atomic E-state index is 0.221. The smallest absolute Gasteiger partial charge is 0.280 e. The quantitative estimate of drug-likeness (QED) is 0.263. The van der Waals surface area contributed by atoms with E-state index in [-0.39, 0.29) is 5.91 Å². The van der Waals surface area contributed by atoms with Gasteiger partial charge in [-0.15, -0.1) is 11.3 Å². The second-order valence-electron chi connectivity index (χ2n) is 6.43. The normalized spacial score (nSPS) is 11.3. The van der Waals surface area contributed by atoms with E-state index in [4.69, 9.17) is 0 Å². The van der Waals surface area contributed by atoms with Crippen LogP contribution in [0.2, 0.25) is 0 Å². The average Bonchev–Trinajstić information content (AvgIpc) is 3.37. The Hall–Kier alpha value is -2.55. The molecule has 0 spiro atoms. The summed E-state index contributed by atoms with van der Waals surface area (Å²) in [6.07, 6.45) is 1.69. The molecule has 0 atom stereocenters. The zero-order chi connectivity index (χ0) is 20.4. The molecule has 29 heavy (non-hydrogen) atoms. The lowest BCUT2D eigenvalue weighted by molar-refractivity contribution is 0.0988. The van der Waals surface area contributed by atoms with Gasteiger partial charge in [0.1, 0.15) is 0 Å².